The molecule has 1 unspecified atom stereocenters. The van der Waals surface area contributed by atoms with Crippen LogP contribution in [0.2, 0.25) is 0 Å². The lowest BCUT2D eigenvalue weighted by Gasteiger charge is -2.47. The number of ether oxygens (including phenoxy) is 1. The highest BCUT2D eigenvalue weighted by molar-refractivity contribution is 5.20. The average Bonchev–Trinajstić information content (AvgIpc) is 3.26. The molecule has 2 fully saturated rings. The van der Waals surface area contributed by atoms with Crippen LogP contribution in [0.3, 0.4) is 0 Å². The fourth-order valence-electron chi connectivity index (χ4n) is 3.10. The van der Waals surface area contributed by atoms with E-state index < -0.39 is 0 Å². The van der Waals surface area contributed by atoms with Gasteiger partial charge in [-0.2, -0.15) is 0 Å². The summed E-state index contributed by atoms with van der Waals surface area (Å²) >= 11 is 0. The van der Waals surface area contributed by atoms with Gasteiger partial charge in [0.2, 0.25) is 0 Å². The van der Waals surface area contributed by atoms with E-state index in [2.05, 4.69) is 54.4 Å². The molecule has 2 aliphatic rings. The van der Waals surface area contributed by atoms with Crippen LogP contribution in [0.4, 0.5) is 0 Å². The summed E-state index contributed by atoms with van der Waals surface area (Å²) < 4.78 is 5.68. The fourth-order valence-corrected chi connectivity index (χ4v) is 3.10. The van der Waals surface area contributed by atoms with Crippen LogP contribution in [0.5, 0.6) is 0 Å². The van der Waals surface area contributed by atoms with Crippen molar-refractivity contribution in [2.75, 3.05) is 26.3 Å². The topological polar surface area (TPSA) is 24.5 Å². The Kier molecular flexibility index (Phi) is 4.11. The number of hydrogen-bond donors (Lipinski definition) is 1. The van der Waals surface area contributed by atoms with Crippen molar-refractivity contribution in [3.63, 3.8) is 0 Å². The first-order valence-corrected chi connectivity index (χ1v) is 7.80. The first kappa shape index (κ1) is 14.1. The molecule has 0 amide bonds. The zero-order valence-electron chi connectivity index (χ0n) is 12.6. The number of morpholine rings is 1. The van der Waals surface area contributed by atoms with Gasteiger partial charge in [0, 0.05) is 30.7 Å². The highest BCUT2D eigenvalue weighted by Gasteiger charge is 2.36. The van der Waals surface area contributed by atoms with Gasteiger partial charge in [-0.3, -0.25) is 4.90 Å². The minimum absolute atomic E-state index is 0.101. The summed E-state index contributed by atoms with van der Waals surface area (Å²) in [6, 6.07) is 12.1. The van der Waals surface area contributed by atoms with Crippen molar-refractivity contribution in [3.05, 3.63) is 35.9 Å². The fraction of sp³-hybridized carbons (Fsp3) is 0.647. The molecule has 0 radical (unpaired) electrons. The molecule has 0 aromatic heterocycles. The molecule has 0 spiro atoms. The Morgan fingerprint density at radius 1 is 1.30 bits per heavy atom. The van der Waals surface area contributed by atoms with E-state index in [0.29, 0.717) is 6.04 Å². The van der Waals surface area contributed by atoms with Crippen molar-refractivity contribution in [1.29, 1.82) is 0 Å². The van der Waals surface area contributed by atoms with Crippen molar-refractivity contribution in [3.8, 4) is 0 Å². The second-order valence-electron chi connectivity index (χ2n) is 6.67. The molecular weight excluding hydrogens is 248 g/mol. The number of rotatable bonds is 5. The smallest absolute Gasteiger partial charge is 0.0645 e. The maximum Gasteiger partial charge on any atom is 0.0645 e. The molecule has 3 rings (SSSR count). The lowest BCUT2D eigenvalue weighted by molar-refractivity contribution is -0.0726. The van der Waals surface area contributed by atoms with E-state index in [1.54, 1.807) is 0 Å². The summed E-state index contributed by atoms with van der Waals surface area (Å²) in [5.41, 5.74) is 1.51. The quantitative estimate of drug-likeness (QED) is 0.893. The van der Waals surface area contributed by atoms with Crippen LogP contribution in [0, 0.1) is 0 Å². The Hall–Kier alpha value is -0.900. The van der Waals surface area contributed by atoms with Crippen LogP contribution in [0.25, 0.3) is 0 Å². The summed E-state index contributed by atoms with van der Waals surface area (Å²) in [5, 5.41) is 3.71. The lowest BCUT2D eigenvalue weighted by Crippen LogP contribution is -2.55. The Morgan fingerprint density at radius 3 is 2.70 bits per heavy atom. The molecule has 1 aromatic rings. The van der Waals surface area contributed by atoms with Crippen LogP contribution < -0.4 is 5.32 Å². The van der Waals surface area contributed by atoms with Gasteiger partial charge in [0.1, 0.15) is 0 Å². The molecule has 1 aromatic carbocycles. The monoisotopic (exact) mass is 274 g/mol. The molecular formula is C17H26N2O. The van der Waals surface area contributed by atoms with E-state index in [0.717, 1.165) is 32.3 Å². The van der Waals surface area contributed by atoms with Gasteiger partial charge < -0.3 is 10.1 Å². The zero-order chi connectivity index (χ0) is 14.0. The van der Waals surface area contributed by atoms with E-state index in [9.17, 15) is 0 Å². The second-order valence-corrected chi connectivity index (χ2v) is 6.67. The standard InChI is InChI=1S/C17H26N2O/c1-17(2)13-20-11-10-19(17)16(12-18-15-8-9-15)14-6-4-3-5-7-14/h3-7,15-16,18H,8-13H2,1-2H3. The molecule has 1 aliphatic heterocycles. The Labute approximate surface area is 122 Å². The molecule has 20 heavy (non-hydrogen) atoms. The maximum atomic E-state index is 5.68. The van der Waals surface area contributed by atoms with Crippen LogP contribution in [-0.2, 0) is 4.74 Å². The molecule has 1 atom stereocenters. The van der Waals surface area contributed by atoms with E-state index >= 15 is 0 Å². The van der Waals surface area contributed by atoms with Crippen LogP contribution in [0.15, 0.2) is 30.3 Å². The largest absolute Gasteiger partial charge is 0.378 e. The van der Waals surface area contributed by atoms with Gasteiger partial charge in [-0.25, -0.2) is 0 Å². The number of benzene rings is 1. The van der Waals surface area contributed by atoms with Crippen molar-refractivity contribution >= 4 is 0 Å². The summed E-state index contributed by atoms with van der Waals surface area (Å²) in [6.07, 6.45) is 2.68. The highest BCUT2D eigenvalue weighted by atomic mass is 16.5. The van der Waals surface area contributed by atoms with Crippen LogP contribution in [0.1, 0.15) is 38.3 Å². The van der Waals surface area contributed by atoms with Crippen molar-refractivity contribution in [2.24, 2.45) is 0 Å². The molecule has 1 heterocycles. The molecule has 3 nitrogen and oxygen atoms in total. The number of nitrogens with zero attached hydrogens (tertiary/aromatic N) is 1. The van der Waals surface area contributed by atoms with Gasteiger partial charge in [-0.05, 0) is 32.3 Å². The predicted molar refractivity (Wildman–Crippen MR) is 81.8 cm³/mol. The van der Waals surface area contributed by atoms with Gasteiger partial charge in [-0.15, -0.1) is 0 Å². The van der Waals surface area contributed by atoms with Gasteiger partial charge in [-0.1, -0.05) is 30.3 Å². The zero-order valence-corrected chi connectivity index (χ0v) is 12.6. The van der Waals surface area contributed by atoms with Crippen LogP contribution in [-0.4, -0.2) is 42.8 Å². The summed E-state index contributed by atoms with van der Waals surface area (Å²) in [5.74, 6) is 0. The first-order chi connectivity index (χ1) is 9.67. The summed E-state index contributed by atoms with van der Waals surface area (Å²) in [4.78, 5) is 2.61. The molecule has 110 valence electrons. The Balaban J connectivity index is 1.79. The molecule has 1 saturated carbocycles. The number of hydrogen-bond acceptors (Lipinski definition) is 3. The van der Waals surface area contributed by atoms with Gasteiger partial charge >= 0.3 is 0 Å². The minimum Gasteiger partial charge on any atom is -0.378 e. The van der Waals surface area contributed by atoms with E-state index in [1.807, 2.05) is 0 Å². The maximum absolute atomic E-state index is 5.68. The summed E-state index contributed by atoms with van der Waals surface area (Å²) in [7, 11) is 0. The third-order valence-electron chi connectivity index (χ3n) is 4.45. The highest BCUT2D eigenvalue weighted by Crippen LogP contribution is 2.31. The SMILES string of the molecule is CC1(C)COCCN1C(CNC1CC1)c1ccccc1. The molecule has 1 aliphatic carbocycles. The Bertz CT molecular complexity index is 428. The van der Waals surface area contributed by atoms with Crippen molar-refractivity contribution in [2.45, 2.75) is 44.3 Å². The number of nitrogens with one attached hydrogen (secondary N) is 1. The van der Waals surface area contributed by atoms with Gasteiger partial charge in [0.15, 0.2) is 0 Å². The summed E-state index contributed by atoms with van der Waals surface area (Å²) in [6.45, 7) is 8.30. The molecule has 3 heteroatoms. The Morgan fingerprint density at radius 2 is 2.05 bits per heavy atom. The van der Waals surface area contributed by atoms with Gasteiger partial charge in [0.05, 0.1) is 13.2 Å². The van der Waals surface area contributed by atoms with Crippen LogP contribution >= 0.6 is 0 Å². The third-order valence-corrected chi connectivity index (χ3v) is 4.45. The average molecular weight is 274 g/mol. The second kappa shape index (κ2) is 5.84. The molecule has 0 bridgehead atoms. The minimum atomic E-state index is 0.101. The normalized spacial score (nSPS) is 24.5. The third kappa shape index (κ3) is 3.22. The van der Waals surface area contributed by atoms with Crippen molar-refractivity contribution < 1.29 is 4.74 Å². The van der Waals surface area contributed by atoms with Gasteiger partial charge in [0.25, 0.3) is 0 Å². The predicted octanol–water partition coefficient (Wildman–Crippen LogP) is 2.59. The van der Waals surface area contributed by atoms with Crippen molar-refractivity contribution in [1.82, 2.24) is 10.2 Å². The van der Waals surface area contributed by atoms with E-state index in [1.165, 1.54) is 18.4 Å². The lowest BCUT2D eigenvalue weighted by atomic mass is 9.95. The first-order valence-electron chi connectivity index (χ1n) is 7.80. The van der Waals surface area contributed by atoms with E-state index in [4.69, 9.17) is 4.74 Å². The molecule has 1 N–H and O–H groups in total. The van der Waals surface area contributed by atoms with E-state index in [-0.39, 0.29) is 5.54 Å². The molecule has 1 saturated heterocycles.